The summed E-state index contributed by atoms with van der Waals surface area (Å²) < 4.78 is 8.42. The molecule has 0 saturated heterocycles. The number of benzene rings is 9. The molecule has 0 fully saturated rings. The van der Waals surface area contributed by atoms with E-state index < -0.39 is 0 Å². The van der Waals surface area contributed by atoms with Crippen LogP contribution in [0.2, 0.25) is 0 Å². The lowest BCUT2D eigenvalue weighted by Crippen LogP contribution is -2.03. The molecule has 0 spiro atoms. The lowest BCUT2D eigenvalue weighted by atomic mass is 10.0. The number of rotatable bonds is 3. The third-order valence-corrected chi connectivity index (χ3v) is 14.4. The fraction of sp³-hybridized carbons (Fsp3) is 0. The predicted octanol–water partition coefficient (Wildman–Crippen LogP) is 15.0. The summed E-state index contributed by atoms with van der Waals surface area (Å²) in [5.41, 5.74) is 11.4. The molecule has 0 atom stereocenters. The predicted molar refractivity (Wildman–Crippen MR) is 261 cm³/mol. The molecule has 9 aromatic carbocycles. The third-order valence-electron chi connectivity index (χ3n) is 13.4. The molecule has 5 nitrogen and oxygen atoms in total. The van der Waals surface area contributed by atoms with Crippen molar-refractivity contribution in [1.82, 2.24) is 23.5 Å². The molecule has 0 amide bonds. The second-order valence-electron chi connectivity index (χ2n) is 16.5. The normalized spacial score (nSPS) is 12.5. The van der Waals surface area contributed by atoms with E-state index in [2.05, 4.69) is 202 Å². The first-order chi connectivity index (χ1) is 30.8. The molecule has 0 aliphatic heterocycles. The van der Waals surface area contributed by atoms with Gasteiger partial charge in [0.05, 0.1) is 44.3 Å². The first-order valence-corrected chi connectivity index (χ1v) is 21.9. The molecular formula is C56H31N5S. The van der Waals surface area contributed by atoms with E-state index in [0.717, 1.165) is 43.7 Å². The van der Waals surface area contributed by atoms with Gasteiger partial charge < -0.3 is 8.97 Å². The SMILES string of the molecule is c1ccc(-n2c3ccccc3c3cc(-c4nc(-n5c6ccc7ccccc7c6c6cc7c8ccccc8n8c9ccccc9c(c65)c78)nc5sc6ccccc6c45)ccc32)cc1. The van der Waals surface area contributed by atoms with Crippen LogP contribution in [0, 0.1) is 0 Å². The van der Waals surface area contributed by atoms with E-state index in [-0.39, 0.29) is 0 Å². The maximum atomic E-state index is 5.78. The van der Waals surface area contributed by atoms with Crippen LogP contribution in [0.15, 0.2) is 188 Å². The van der Waals surface area contributed by atoms with Gasteiger partial charge >= 0.3 is 0 Å². The minimum atomic E-state index is 0.670. The maximum absolute atomic E-state index is 5.78. The molecule has 0 aliphatic rings. The van der Waals surface area contributed by atoms with Crippen molar-refractivity contribution in [3.63, 3.8) is 0 Å². The van der Waals surface area contributed by atoms with Crippen molar-refractivity contribution in [2.45, 2.75) is 0 Å². The van der Waals surface area contributed by atoms with Gasteiger partial charge in [-0.05, 0) is 71.4 Å². The quantitative estimate of drug-likeness (QED) is 0.178. The molecule has 0 saturated carbocycles. The van der Waals surface area contributed by atoms with Crippen LogP contribution in [-0.2, 0) is 0 Å². The van der Waals surface area contributed by atoms with Gasteiger partial charge in [-0.2, -0.15) is 0 Å². The number of hydrogen-bond acceptors (Lipinski definition) is 3. The summed E-state index contributed by atoms with van der Waals surface area (Å²) in [6.07, 6.45) is 0. The minimum Gasteiger partial charge on any atom is -0.309 e. The van der Waals surface area contributed by atoms with Crippen molar-refractivity contribution >= 4 is 124 Å². The fourth-order valence-corrected chi connectivity index (χ4v) is 11.9. The largest absolute Gasteiger partial charge is 0.309 e. The summed E-state index contributed by atoms with van der Waals surface area (Å²) in [4.78, 5) is 12.4. The van der Waals surface area contributed by atoms with Crippen molar-refractivity contribution < 1.29 is 0 Å². The molecule has 0 N–H and O–H groups in total. The summed E-state index contributed by atoms with van der Waals surface area (Å²) in [5, 5.41) is 14.5. The summed E-state index contributed by atoms with van der Waals surface area (Å²) >= 11 is 1.74. The smallest absolute Gasteiger partial charge is 0.236 e. The zero-order valence-electron chi connectivity index (χ0n) is 33.0. The number of para-hydroxylation sites is 4. The molecule has 15 rings (SSSR count). The first kappa shape index (κ1) is 32.8. The van der Waals surface area contributed by atoms with E-state index >= 15 is 0 Å². The third kappa shape index (κ3) is 4.12. The standard InChI is InChI=1S/C56H31N5S/c1-2-15-34(16-3-1)59-43-22-10-6-18-36(43)40-30-33(27-28-46(40)59)52-50-39-21-9-13-25-48(39)62-55(50)58-56(57-52)61-47-29-26-32-14-4-5-17-35(32)49(47)42-31-41-37-19-7-11-23-44(37)60-45-24-12-8-20-38(45)51(53(41)60)54(42)61/h1-31H. The summed E-state index contributed by atoms with van der Waals surface area (Å²) in [6, 6.07) is 68.5. The molecular weight excluding hydrogens is 775 g/mol. The van der Waals surface area contributed by atoms with Crippen LogP contribution in [0.4, 0.5) is 0 Å². The molecule has 0 aliphatic carbocycles. The fourth-order valence-electron chi connectivity index (χ4n) is 10.9. The van der Waals surface area contributed by atoms with Gasteiger partial charge in [-0.1, -0.05) is 127 Å². The Morgan fingerprint density at radius 1 is 0.371 bits per heavy atom. The number of thiophene rings is 1. The van der Waals surface area contributed by atoms with Crippen molar-refractivity contribution in [3.8, 4) is 22.9 Å². The Balaban J connectivity index is 1.12. The molecule has 286 valence electrons. The van der Waals surface area contributed by atoms with Crippen LogP contribution < -0.4 is 0 Å². The first-order valence-electron chi connectivity index (χ1n) is 21.1. The van der Waals surface area contributed by atoms with Crippen molar-refractivity contribution in [3.05, 3.63) is 188 Å². The summed E-state index contributed by atoms with van der Waals surface area (Å²) in [7, 11) is 0. The maximum Gasteiger partial charge on any atom is 0.236 e. The monoisotopic (exact) mass is 805 g/mol. The highest BCUT2D eigenvalue weighted by atomic mass is 32.1. The Morgan fingerprint density at radius 2 is 1.02 bits per heavy atom. The van der Waals surface area contributed by atoms with Crippen LogP contribution in [-0.4, -0.2) is 23.5 Å². The number of aromatic nitrogens is 5. The van der Waals surface area contributed by atoms with Crippen LogP contribution in [0.25, 0.3) is 136 Å². The number of hydrogen-bond donors (Lipinski definition) is 0. The van der Waals surface area contributed by atoms with Crippen LogP contribution in [0.5, 0.6) is 0 Å². The summed E-state index contributed by atoms with van der Waals surface area (Å²) in [5.74, 6) is 0.670. The Kier molecular flexibility index (Phi) is 6.24. The number of fused-ring (bicyclic) bond motifs is 18. The summed E-state index contributed by atoms with van der Waals surface area (Å²) in [6.45, 7) is 0. The molecule has 6 heteroatoms. The van der Waals surface area contributed by atoms with Crippen LogP contribution >= 0.6 is 11.3 Å². The molecule has 6 aromatic heterocycles. The van der Waals surface area contributed by atoms with Gasteiger partial charge in [-0.25, -0.2) is 9.97 Å². The van der Waals surface area contributed by atoms with E-state index in [9.17, 15) is 0 Å². The lowest BCUT2D eigenvalue weighted by molar-refractivity contribution is 1.02. The average Bonchev–Trinajstić information content (AvgIpc) is 4.13. The lowest BCUT2D eigenvalue weighted by Gasteiger charge is -2.12. The van der Waals surface area contributed by atoms with Crippen molar-refractivity contribution in [1.29, 1.82) is 0 Å². The highest BCUT2D eigenvalue weighted by Crippen LogP contribution is 2.48. The second kappa shape index (κ2) is 11.8. The highest BCUT2D eigenvalue weighted by molar-refractivity contribution is 7.25. The molecule has 0 bridgehead atoms. The van der Waals surface area contributed by atoms with Gasteiger partial charge in [-0.15, -0.1) is 11.3 Å². The van der Waals surface area contributed by atoms with E-state index in [1.165, 1.54) is 86.0 Å². The average molecular weight is 806 g/mol. The molecule has 6 heterocycles. The van der Waals surface area contributed by atoms with Crippen molar-refractivity contribution in [2.75, 3.05) is 0 Å². The van der Waals surface area contributed by atoms with E-state index in [0.29, 0.717) is 5.95 Å². The molecule has 62 heavy (non-hydrogen) atoms. The van der Waals surface area contributed by atoms with E-state index in [1.54, 1.807) is 11.3 Å². The van der Waals surface area contributed by atoms with Gasteiger partial charge in [0, 0.05) is 69.8 Å². The van der Waals surface area contributed by atoms with Gasteiger partial charge in [-0.3, -0.25) is 4.57 Å². The topological polar surface area (TPSA) is 40.0 Å². The second-order valence-corrected chi connectivity index (χ2v) is 17.5. The van der Waals surface area contributed by atoms with Gasteiger partial charge in [0.25, 0.3) is 0 Å². The highest BCUT2D eigenvalue weighted by Gasteiger charge is 2.27. The molecule has 0 unspecified atom stereocenters. The Labute approximate surface area is 356 Å². The van der Waals surface area contributed by atoms with Crippen LogP contribution in [0.1, 0.15) is 0 Å². The molecule has 0 radical (unpaired) electrons. The van der Waals surface area contributed by atoms with Gasteiger partial charge in [0.15, 0.2) is 0 Å². The zero-order valence-corrected chi connectivity index (χ0v) is 33.9. The van der Waals surface area contributed by atoms with Crippen LogP contribution in [0.3, 0.4) is 0 Å². The Hall–Kier alpha value is -8.06. The Morgan fingerprint density at radius 3 is 1.85 bits per heavy atom. The minimum absolute atomic E-state index is 0.670. The molecule has 15 aromatic rings. The van der Waals surface area contributed by atoms with E-state index in [1.807, 2.05) is 0 Å². The van der Waals surface area contributed by atoms with Gasteiger partial charge in [0.2, 0.25) is 5.95 Å². The Bertz CT molecular complexity index is 4390. The van der Waals surface area contributed by atoms with Gasteiger partial charge in [0.1, 0.15) is 4.83 Å². The van der Waals surface area contributed by atoms with E-state index in [4.69, 9.17) is 9.97 Å². The van der Waals surface area contributed by atoms with Crippen molar-refractivity contribution in [2.24, 2.45) is 0 Å². The zero-order chi connectivity index (χ0) is 40.2. The number of nitrogens with zero attached hydrogens (tertiary/aromatic N) is 5.